The highest BCUT2D eigenvalue weighted by molar-refractivity contribution is 6.77. The van der Waals surface area contributed by atoms with Gasteiger partial charge in [-0.3, -0.25) is 9.78 Å². The van der Waals surface area contributed by atoms with E-state index in [9.17, 15) is 9.59 Å². The second-order valence-electron chi connectivity index (χ2n) is 10.5. The van der Waals surface area contributed by atoms with Crippen LogP contribution in [0.1, 0.15) is 58.6 Å². The average molecular weight is 522 g/mol. The van der Waals surface area contributed by atoms with E-state index in [-0.39, 0.29) is 12.5 Å². The van der Waals surface area contributed by atoms with Crippen molar-refractivity contribution in [2.75, 3.05) is 11.9 Å². The lowest BCUT2D eigenvalue weighted by atomic mass is 9.96. The summed E-state index contributed by atoms with van der Waals surface area (Å²) in [6.07, 6.45) is 2.30. The van der Waals surface area contributed by atoms with Gasteiger partial charge in [-0.15, -0.1) is 0 Å². The Morgan fingerprint density at radius 2 is 1.57 bits per heavy atom. The fourth-order valence-corrected chi connectivity index (χ4v) is 10.9. The molecule has 0 radical (unpaired) electrons. The molecule has 0 aliphatic rings. The molecule has 1 atom stereocenters. The first-order valence-electron chi connectivity index (χ1n) is 12.9. The van der Waals surface area contributed by atoms with Crippen LogP contribution in [0, 0.1) is 0 Å². The third-order valence-electron chi connectivity index (χ3n) is 7.26. The first kappa shape index (κ1) is 28.3. The van der Waals surface area contributed by atoms with Crippen LogP contribution in [0.25, 0.3) is 10.8 Å². The van der Waals surface area contributed by atoms with Gasteiger partial charge in [0.25, 0.3) is 0 Å². The molecule has 1 heterocycles. The van der Waals surface area contributed by atoms with Crippen molar-refractivity contribution in [2.24, 2.45) is 0 Å². The van der Waals surface area contributed by atoms with Gasteiger partial charge in [0, 0.05) is 30.0 Å². The summed E-state index contributed by atoms with van der Waals surface area (Å²) < 4.78 is 6.71. The molecule has 0 bridgehead atoms. The minimum atomic E-state index is -2.00. The van der Waals surface area contributed by atoms with Crippen molar-refractivity contribution < 1.29 is 19.1 Å². The maximum atomic E-state index is 13.3. The van der Waals surface area contributed by atoms with Gasteiger partial charge in [-0.05, 0) is 51.3 Å². The predicted molar refractivity (Wildman–Crippen MR) is 151 cm³/mol. The second kappa shape index (κ2) is 12.3. The molecule has 0 aliphatic heterocycles. The van der Waals surface area contributed by atoms with Crippen LogP contribution in [0.5, 0.6) is 0 Å². The summed E-state index contributed by atoms with van der Waals surface area (Å²) in [6.45, 7) is 14.1. The number of pyridine rings is 1. The van der Waals surface area contributed by atoms with Crippen molar-refractivity contribution in [2.45, 2.75) is 70.7 Å². The third kappa shape index (κ3) is 6.75. The Hall–Kier alpha value is -3.23. The Morgan fingerprint density at radius 1 is 0.919 bits per heavy atom. The molecule has 2 aromatic carbocycles. The minimum Gasteiger partial charge on any atom is -0.465 e. The van der Waals surface area contributed by atoms with Gasteiger partial charge in [-0.1, -0.05) is 71.9 Å². The molecule has 3 rings (SSSR count). The summed E-state index contributed by atoms with van der Waals surface area (Å²) in [5, 5.41) is 16.4. The number of fused-ring (bicyclic) bond motifs is 1. The van der Waals surface area contributed by atoms with Crippen molar-refractivity contribution in [3.63, 3.8) is 0 Å². The number of nitrogens with zero attached hydrogens (tertiary/aromatic N) is 1. The molecule has 0 saturated heterocycles. The fourth-order valence-electron chi connectivity index (χ4n) is 5.50. The van der Waals surface area contributed by atoms with Crippen LogP contribution >= 0.6 is 0 Å². The number of carbonyl (C=O) groups excluding carboxylic acids is 1. The van der Waals surface area contributed by atoms with Gasteiger partial charge in [0.2, 0.25) is 14.2 Å². The topological polar surface area (TPSA) is 101 Å². The van der Waals surface area contributed by atoms with Crippen LogP contribution in [-0.4, -0.2) is 37.0 Å². The van der Waals surface area contributed by atoms with Crippen molar-refractivity contribution in [1.82, 2.24) is 10.3 Å². The average Bonchev–Trinajstić information content (AvgIpc) is 2.84. The third-order valence-corrected chi connectivity index (χ3v) is 13.3. The van der Waals surface area contributed by atoms with E-state index in [4.69, 9.17) is 9.53 Å². The van der Waals surface area contributed by atoms with Crippen molar-refractivity contribution >= 4 is 36.8 Å². The molecule has 1 unspecified atom stereocenters. The zero-order valence-electron chi connectivity index (χ0n) is 22.6. The van der Waals surface area contributed by atoms with E-state index in [1.807, 2.05) is 48.5 Å². The van der Waals surface area contributed by atoms with Gasteiger partial charge in [-0.25, -0.2) is 4.79 Å². The smallest absolute Gasteiger partial charge is 0.404 e. The van der Waals surface area contributed by atoms with Crippen LogP contribution < -0.4 is 10.6 Å². The molecule has 7 nitrogen and oxygen atoms in total. The van der Waals surface area contributed by atoms with Gasteiger partial charge >= 0.3 is 6.09 Å². The Bertz CT molecular complexity index is 1190. The molecule has 3 N–H and O–H groups in total. The normalized spacial score (nSPS) is 12.8. The maximum Gasteiger partial charge on any atom is 0.404 e. The lowest BCUT2D eigenvalue weighted by Crippen LogP contribution is -2.47. The van der Waals surface area contributed by atoms with Gasteiger partial charge in [0.05, 0.1) is 12.5 Å². The molecule has 37 heavy (non-hydrogen) atoms. The summed E-state index contributed by atoms with van der Waals surface area (Å²) in [4.78, 5) is 28.6. The van der Waals surface area contributed by atoms with E-state index in [1.54, 1.807) is 12.4 Å². The monoisotopic (exact) mass is 521 g/mol. The van der Waals surface area contributed by atoms with Crippen molar-refractivity contribution in [3.8, 4) is 0 Å². The number of carboxylic acid groups (broad SMARTS) is 1. The Labute approximate surface area is 220 Å². The first-order chi connectivity index (χ1) is 17.5. The van der Waals surface area contributed by atoms with Crippen LogP contribution in [0.2, 0.25) is 16.6 Å². The lowest BCUT2D eigenvalue weighted by Gasteiger charge is -2.42. The minimum absolute atomic E-state index is 0.0292. The molecule has 3 aromatic rings. The molecule has 198 valence electrons. The Balaban J connectivity index is 1.78. The highest BCUT2D eigenvalue weighted by Crippen LogP contribution is 2.42. The van der Waals surface area contributed by atoms with E-state index in [1.165, 1.54) is 0 Å². The quantitative estimate of drug-likeness (QED) is 0.238. The summed E-state index contributed by atoms with van der Waals surface area (Å²) in [6, 6.07) is 15.2. The van der Waals surface area contributed by atoms with E-state index >= 15 is 0 Å². The van der Waals surface area contributed by atoms with Gasteiger partial charge in [0.1, 0.15) is 0 Å². The van der Waals surface area contributed by atoms with Gasteiger partial charge in [0.15, 0.2) is 0 Å². The molecule has 0 aliphatic carbocycles. The van der Waals surface area contributed by atoms with Crippen LogP contribution in [-0.2, 0) is 15.8 Å². The second-order valence-corrected chi connectivity index (χ2v) is 16.0. The number of anilines is 1. The number of aromatic nitrogens is 1. The van der Waals surface area contributed by atoms with Crippen molar-refractivity contribution in [3.05, 3.63) is 72.1 Å². The molecule has 0 saturated carbocycles. The van der Waals surface area contributed by atoms with Gasteiger partial charge in [-0.2, -0.15) is 0 Å². The molecular formula is C29H39N3O4Si. The van der Waals surface area contributed by atoms with Crippen LogP contribution in [0.15, 0.2) is 60.9 Å². The Morgan fingerprint density at radius 3 is 2.16 bits per heavy atom. The summed E-state index contributed by atoms with van der Waals surface area (Å²) >= 11 is 0. The summed E-state index contributed by atoms with van der Waals surface area (Å²) in [7, 11) is -2.00. The van der Waals surface area contributed by atoms with E-state index in [0.717, 1.165) is 21.9 Å². The molecule has 2 amide bonds. The molecule has 1 aromatic heterocycles. The fraction of sp³-hybridized carbons (Fsp3) is 0.414. The van der Waals surface area contributed by atoms with Gasteiger partial charge < -0.3 is 20.2 Å². The lowest BCUT2D eigenvalue weighted by molar-refractivity contribution is -0.117. The molecular weight excluding hydrogens is 482 g/mol. The Kier molecular flexibility index (Phi) is 9.45. The van der Waals surface area contributed by atoms with E-state index < -0.39 is 20.3 Å². The maximum absolute atomic E-state index is 13.3. The first-order valence-corrected chi connectivity index (χ1v) is 15.0. The number of hydrogen-bond acceptors (Lipinski definition) is 4. The highest BCUT2D eigenvalue weighted by Gasteiger charge is 2.44. The number of benzene rings is 2. The zero-order valence-corrected chi connectivity index (χ0v) is 23.6. The van der Waals surface area contributed by atoms with Crippen LogP contribution in [0.4, 0.5) is 10.5 Å². The number of hydrogen-bond donors (Lipinski definition) is 3. The predicted octanol–water partition coefficient (Wildman–Crippen LogP) is 6.92. The SMILES string of the molecule is CC(C)[Si](OCc1ccc(C(CNC(=O)O)C(=O)Nc2ccc3cnccc3c2)cc1)(C(C)C)C(C)C. The number of rotatable bonds is 11. The number of carbonyl (C=O) groups is 2. The molecule has 0 fully saturated rings. The zero-order chi connectivity index (χ0) is 27.2. The number of amides is 2. The highest BCUT2D eigenvalue weighted by atomic mass is 28.4. The number of nitrogens with one attached hydrogen (secondary N) is 2. The van der Waals surface area contributed by atoms with Crippen molar-refractivity contribution in [1.29, 1.82) is 0 Å². The standard InChI is InChI=1S/C29H39N3O4Si/c1-19(2)37(20(3)4,21(5)6)36-18-22-7-9-23(10-8-22)27(17-31-29(34)35)28(33)32-26-12-11-25-16-30-14-13-24(25)15-26/h7-16,19-21,27,31H,17-18H2,1-6H3,(H,32,33)(H,34,35). The van der Waals surface area contributed by atoms with Crippen LogP contribution in [0.3, 0.4) is 0 Å². The van der Waals surface area contributed by atoms with E-state index in [2.05, 4.69) is 57.2 Å². The summed E-state index contributed by atoms with van der Waals surface area (Å²) in [5.74, 6) is -0.966. The van der Waals surface area contributed by atoms with E-state index in [0.29, 0.717) is 28.9 Å². The summed E-state index contributed by atoms with van der Waals surface area (Å²) in [5.41, 5.74) is 3.90. The molecule has 8 heteroatoms. The largest absolute Gasteiger partial charge is 0.465 e. The molecule has 0 spiro atoms.